The fraction of sp³-hybridized carbons (Fsp3) is 0.500. The van der Waals surface area contributed by atoms with Crippen molar-refractivity contribution in [3.63, 3.8) is 0 Å². The third-order valence-electron chi connectivity index (χ3n) is 2.96. The van der Waals surface area contributed by atoms with Crippen LogP contribution in [0.15, 0.2) is 24.3 Å². The summed E-state index contributed by atoms with van der Waals surface area (Å²) in [6.45, 7) is 3.76. The van der Waals surface area contributed by atoms with Gasteiger partial charge in [-0.2, -0.15) is 13.2 Å². The van der Waals surface area contributed by atoms with Crippen LogP contribution in [0.25, 0.3) is 0 Å². The highest BCUT2D eigenvalue weighted by atomic mass is 19.4. The van der Waals surface area contributed by atoms with Gasteiger partial charge in [-0.05, 0) is 18.6 Å². The highest BCUT2D eigenvalue weighted by Gasteiger charge is 2.34. The molecule has 0 spiro atoms. The fourth-order valence-electron chi connectivity index (χ4n) is 1.98. The molecule has 0 aromatic heterocycles. The van der Waals surface area contributed by atoms with Gasteiger partial charge in [0, 0.05) is 18.8 Å². The van der Waals surface area contributed by atoms with Gasteiger partial charge in [0.2, 0.25) is 0 Å². The Morgan fingerprint density at radius 3 is 2.45 bits per heavy atom. The molecule has 3 nitrogen and oxygen atoms in total. The third kappa shape index (κ3) is 4.15. The van der Waals surface area contributed by atoms with Crippen molar-refractivity contribution in [3.05, 3.63) is 29.8 Å². The minimum atomic E-state index is -4.45. The zero-order chi connectivity index (χ0) is 15.3. The van der Waals surface area contributed by atoms with Gasteiger partial charge in [0.25, 0.3) is 0 Å². The maximum Gasteiger partial charge on any atom is 0.418 e. The molecule has 1 aromatic carbocycles. The lowest BCUT2D eigenvalue weighted by atomic mass is 10.1. The summed E-state index contributed by atoms with van der Waals surface area (Å²) in [4.78, 5) is 12.4. The standard InChI is InChI=1S/C14H18F3NO2/c1-3-8-18(9-10(2)13(19)20)12-7-5-4-6-11(12)14(15,16)17/h4-7,10H,3,8-9H2,1-2H3,(H,19,20). The van der Waals surface area contributed by atoms with Gasteiger partial charge in [0.15, 0.2) is 0 Å². The number of rotatable bonds is 6. The molecular weight excluding hydrogens is 271 g/mol. The van der Waals surface area contributed by atoms with Gasteiger partial charge in [-0.3, -0.25) is 4.79 Å². The number of carboxylic acids is 1. The van der Waals surface area contributed by atoms with Crippen LogP contribution in [0.2, 0.25) is 0 Å². The quantitative estimate of drug-likeness (QED) is 0.869. The number of hydrogen-bond donors (Lipinski definition) is 1. The Balaban J connectivity index is 3.12. The molecule has 1 rings (SSSR count). The summed E-state index contributed by atoms with van der Waals surface area (Å²) in [7, 11) is 0. The second-order valence-corrected chi connectivity index (χ2v) is 4.70. The maximum absolute atomic E-state index is 13.0. The molecule has 112 valence electrons. The van der Waals surface area contributed by atoms with Crippen molar-refractivity contribution >= 4 is 11.7 Å². The monoisotopic (exact) mass is 289 g/mol. The summed E-state index contributed by atoms with van der Waals surface area (Å²) in [5, 5.41) is 8.93. The van der Waals surface area contributed by atoms with E-state index >= 15 is 0 Å². The number of hydrogen-bond acceptors (Lipinski definition) is 2. The van der Waals surface area contributed by atoms with Crippen LogP contribution >= 0.6 is 0 Å². The van der Waals surface area contributed by atoms with E-state index in [0.717, 1.165) is 6.07 Å². The summed E-state index contributed by atoms with van der Waals surface area (Å²) >= 11 is 0. The first kappa shape index (κ1) is 16.3. The van der Waals surface area contributed by atoms with Crippen LogP contribution < -0.4 is 4.90 Å². The number of nitrogens with zero attached hydrogens (tertiary/aromatic N) is 1. The molecule has 0 heterocycles. The SMILES string of the molecule is CCCN(CC(C)C(=O)O)c1ccccc1C(F)(F)F. The van der Waals surface area contributed by atoms with E-state index in [1.165, 1.54) is 30.0 Å². The smallest absolute Gasteiger partial charge is 0.418 e. The Labute approximate surface area is 116 Å². The zero-order valence-electron chi connectivity index (χ0n) is 11.4. The largest absolute Gasteiger partial charge is 0.481 e. The molecule has 0 saturated heterocycles. The van der Waals surface area contributed by atoms with E-state index in [1.54, 1.807) is 0 Å². The molecule has 0 radical (unpaired) electrons. The fourth-order valence-corrected chi connectivity index (χ4v) is 1.98. The molecule has 0 aliphatic heterocycles. The first-order valence-corrected chi connectivity index (χ1v) is 6.41. The highest BCUT2D eigenvalue weighted by molar-refractivity contribution is 5.70. The van der Waals surface area contributed by atoms with Gasteiger partial charge in [-0.25, -0.2) is 0 Å². The van der Waals surface area contributed by atoms with E-state index < -0.39 is 23.6 Å². The topological polar surface area (TPSA) is 40.5 Å². The molecule has 0 aliphatic carbocycles. The maximum atomic E-state index is 13.0. The molecule has 1 N–H and O–H groups in total. The van der Waals surface area contributed by atoms with E-state index in [2.05, 4.69) is 0 Å². The third-order valence-corrected chi connectivity index (χ3v) is 2.96. The predicted molar refractivity (Wildman–Crippen MR) is 70.7 cm³/mol. The van der Waals surface area contributed by atoms with Crippen molar-refractivity contribution in [3.8, 4) is 0 Å². The zero-order valence-corrected chi connectivity index (χ0v) is 11.4. The highest BCUT2D eigenvalue weighted by Crippen LogP contribution is 2.36. The van der Waals surface area contributed by atoms with E-state index in [-0.39, 0.29) is 12.2 Å². The van der Waals surface area contributed by atoms with Crippen LogP contribution in [-0.4, -0.2) is 24.2 Å². The molecular formula is C14H18F3NO2. The first-order chi connectivity index (χ1) is 9.27. The number of benzene rings is 1. The second kappa shape index (κ2) is 6.63. The number of para-hydroxylation sites is 1. The van der Waals surface area contributed by atoms with Crippen molar-refractivity contribution in [1.82, 2.24) is 0 Å². The predicted octanol–water partition coefficient (Wildman–Crippen LogP) is 3.64. The average Bonchev–Trinajstić information content (AvgIpc) is 2.37. The molecule has 0 fully saturated rings. The molecule has 1 aromatic rings. The average molecular weight is 289 g/mol. The number of halogens is 3. The van der Waals surface area contributed by atoms with Crippen LogP contribution in [-0.2, 0) is 11.0 Å². The summed E-state index contributed by atoms with van der Waals surface area (Å²) in [6.07, 6.45) is -3.81. The Morgan fingerprint density at radius 2 is 1.95 bits per heavy atom. The Kier molecular flexibility index (Phi) is 5.42. The van der Waals surface area contributed by atoms with Crippen LogP contribution in [0.4, 0.5) is 18.9 Å². The van der Waals surface area contributed by atoms with Crippen LogP contribution in [0, 0.1) is 5.92 Å². The van der Waals surface area contributed by atoms with Gasteiger partial charge >= 0.3 is 12.1 Å². The van der Waals surface area contributed by atoms with E-state index in [9.17, 15) is 18.0 Å². The lowest BCUT2D eigenvalue weighted by Crippen LogP contribution is -2.33. The van der Waals surface area contributed by atoms with Gasteiger partial charge in [-0.15, -0.1) is 0 Å². The molecule has 0 bridgehead atoms. The van der Waals surface area contributed by atoms with E-state index in [1.807, 2.05) is 6.92 Å². The van der Waals surface area contributed by atoms with Gasteiger partial charge in [-0.1, -0.05) is 26.0 Å². The Morgan fingerprint density at radius 1 is 1.35 bits per heavy atom. The number of carbonyl (C=O) groups is 1. The van der Waals surface area contributed by atoms with Gasteiger partial charge in [0.05, 0.1) is 11.5 Å². The second-order valence-electron chi connectivity index (χ2n) is 4.70. The number of anilines is 1. The summed E-state index contributed by atoms with van der Waals surface area (Å²) < 4.78 is 39.0. The lowest BCUT2D eigenvalue weighted by molar-refractivity contribution is -0.140. The summed E-state index contributed by atoms with van der Waals surface area (Å²) in [6, 6.07) is 5.26. The van der Waals surface area contributed by atoms with Crippen molar-refractivity contribution < 1.29 is 23.1 Å². The number of aliphatic carboxylic acids is 1. The molecule has 1 unspecified atom stereocenters. The molecule has 20 heavy (non-hydrogen) atoms. The van der Waals surface area contributed by atoms with Gasteiger partial charge < -0.3 is 10.0 Å². The first-order valence-electron chi connectivity index (χ1n) is 6.41. The summed E-state index contributed by atoms with van der Waals surface area (Å²) in [5.74, 6) is -1.75. The minimum absolute atomic E-state index is 0.0370. The molecule has 0 aliphatic rings. The molecule has 0 amide bonds. The Hall–Kier alpha value is -1.72. The van der Waals surface area contributed by atoms with Gasteiger partial charge in [0.1, 0.15) is 0 Å². The van der Waals surface area contributed by atoms with E-state index in [4.69, 9.17) is 5.11 Å². The molecule has 0 saturated carbocycles. The molecule has 6 heteroatoms. The van der Waals surface area contributed by atoms with Crippen molar-refractivity contribution in [2.24, 2.45) is 5.92 Å². The van der Waals surface area contributed by atoms with Crippen LogP contribution in [0.3, 0.4) is 0 Å². The number of carboxylic acid groups (broad SMARTS) is 1. The minimum Gasteiger partial charge on any atom is -0.481 e. The lowest BCUT2D eigenvalue weighted by Gasteiger charge is -2.28. The normalized spacial score (nSPS) is 13.1. The van der Waals surface area contributed by atoms with E-state index in [0.29, 0.717) is 13.0 Å². The number of alkyl halides is 3. The summed E-state index contributed by atoms with van der Waals surface area (Å²) in [5.41, 5.74) is -0.694. The van der Waals surface area contributed by atoms with Crippen LogP contribution in [0.5, 0.6) is 0 Å². The van der Waals surface area contributed by atoms with Crippen molar-refractivity contribution in [2.75, 3.05) is 18.0 Å². The van der Waals surface area contributed by atoms with Crippen molar-refractivity contribution in [1.29, 1.82) is 0 Å². The Bertz CT molecular complexity index is 460. The van der Waals surface area contributed by atoms with Crippen LogP contribution in [0.1, 0.15) is 25.8 Å². The van der Waals surface area contributed by atoms with Crippen molar-refractivity contribution in [2.45, 2.75) is 26.4 Å². The molecule has 1 atom stereocenters.